The van der Waals surface area contributed by atoms with Gasteiger partial charge in [0.25, 0.3) is 5.22 Å². The first-order valence-corrected chi connectivity index (χ1v) is 10.4. The maximum atomic E-state index is 12.5. The first kappa shape index (κ1) is 20.1. The molecule has 0 spiro atoms. The molecule has 6 heteroatoms. The molecule has 0 aliphatic heterocycles. The maximum absolute atomic E-state index is 12.5. The number of nitrogens with one attached hydrogen (secondary N) is 1. The minimum absolute atomic E-state index is 0.000450. The van der Waals surface area contributed by atoms with Crippen LogP contribution < -0.4 is 5.32 Å². The Morgan fingerprint density at radius 3 is 2.50 bits per heavy atom. The van der Waals surface area contributed by atoms with Crippen molar-refractivity contribution in [2.45, 2.75) is 38.5 Å². The second kappa shape index (κ2) is 9.55. The molecule has 0 radical (unpaired) electrons. The molecule has 1 unspecified atom stereocenters. The summed E-state index contributed by atoms with van der Waals surface area (Å²) in [5, 5.41) is 11.7. The standard InChI is InChI=1S/C22H25N3O2S/c1-15(2)13-19(17-10-5-4-6-11-17)23-20(26)14-28-22-25-24-21(27-22)18-12-8-7-9-16(18)3/h4-12,15,19H,13-14H2,1-3H3,(H,23,26). The highest BCUT2D eigenvalue weighted by Gasteiger charge is 2.17. The van der Waals surface area contributed by atoms with Gasteiger partial charge in [0.15, 0.2) is 0 Å². The van der Waals surface area contributed by atoms with Crippen LogP contribution in [0.4, 0.5) is 0 Å². The number of hydrogen-bond donors (Lipinski definition) is 1. The normalized spacial score (nSPS) is 12.1. The van der Waals surface area contributed by atoms with E-state index in [2.05, 4.69) is 29.4 Å². The average molecular weight is 396 g/mol. The van der Waals surface area contributed by atoms with Crippen LogP contribution in [0.3, 0.4) is 0 Å². The average Bonchev–Trinajstić information content (AvgIpc) is 3.15. The van der Waals surface area contributed by atoms with Crippen molar-refractivity contribution in [2.75, 3.05) is 5.75 Å². The first-order valence-electron chi connectivity index (χ1n) is 9.39. The SMILES string of the molecule is Cc1ccccc1-c1nnc(SCC(=O)NC(CC(C)C)c2ccccc2)o1. The van der Waals surface area contributed by atoms with Gasteiger partial charge in [-0.2, -0.15) is 0 Å². The lowest BCUT2D eigenvalue weighted by molar-refractivity contribution is -0.119. The van der Waals surface area contributed by atoms with E-state index in [1.807, 2.05) is 61.5 Å². The van der Waals surface area contributed by atoms with Crippen LogP contribution in [0.1, 0.15) is 37.4 Å². The van der Waals surface area contributed by atoms with Crippen molar-refractivity contribution >= 4 is 17.7 Å². The van der Waals surface area contributed by atoms with Gasteiger partial charge in [-0.05, 0) is 36.5 Å². The highest BCUT2D eigenvalue weighted by molar-refractivity contribution is 7.99. The monoisotopic (exact) mass is 395 g/mol. The molecule has 3 rings (SSSR count). The summed E-state index contributed by atoms with van der Waals surface area (Å²) < 4.78 is 5.72. The van der Waals surface area contributed by atoms with E-state index in [0.717, 1.165) is 23.1 Å². The molecule has 0 aliphatic rings. The van der Waals surface area contributed by atoms with Gasteiger partial charge in [-0.1, -0.05) is 74.1 Å². The van der Waals surface area contributed by atoms with Crippen LogP contribution in [0.25, 0.3) is 11.5 Å². The molecular formula is C22H25N3O2S. The summed E-state index contributed by atoms with van der Waals surface area (Å²) in [7, 11) is 0. The Balaban J connectivity index is 1.60. The number of aryl methyl sites for hydroxylation is 1. The number of amides is 1. The first-order chi connectivity index (χ1) is 13.5. The Hall–Kier alpha value is -2.60. The van der Waals surface area contributed by atoms with Crippen molar-refractivity contribution in [3.63, 3.8) is 0 Å². The zero-order chi connectivity index (χ0) is 19.9. The summed E-state index contributed by atoms with van der Waals surface area (Å²) in [4.78, 5) is 12.5. The molecule has 3 aromatic rings. The van der Waals surface area contributed by atoms with Gasteiger partial charge in [-0.15, -0.1) is 10.2 Å². The van der Waals surface area contributed by atoms with Crippen LogP contribution in [0.15, 0.2) is 64.2 Å². The van der Waals surface area contributed by atoms with E-state index < -0.39 is 0 Å². The van der Waals surface area contributed by atoms with Crippen molar-refractivity contribution < 1.29 is 9.21 Å². The summed E-state index contributed by atoms with van der Waals surface area (Å²) in [6.45, 7) is 6.31. The topological polar surface area (TPSA) is 68.0 Å². The number of rotatable bonds is 8. The molecule has 0 aliphatic carbocycles. The lowest BCUT2D eigenvalue weighted by Gasteiger charge is -2.21. The minimum atomic E-state index is -0.0462. The number of thioether (sulfide) groups is 1. The molecule has 28 heavy (non-hydrogen) atoms. The summed E-state index contributed by atoms with van der Waals surface area (Å²) in [5.74, 6) is 1.14. The zero-order valence-corrected chi connectivity index (χ0v) is 17.2. The molecule has 1 heterocycles. The lowest BCUT2D eigenvalue weighted by atomic mass is 9.97. The van der Waals surface area contributed by atoms with Crippen LogP contribution >= 0.6 is 11.8 Å². The van der Waals surface area contributed by atoms with Gasteiger partial charge in [-0.3, -0.25) is 4.79 Å². The van der Waals surface area contributed by atoms with Gasteiger partial charge in [0, 0.05) is 5.56 Å². The molecular weight excluding hydrogens is 370 g/mol. The highest BCUT2D eigenvalue weighted by Crippen LogP contribution is 2.26. The Bertz CT molecular complexity index is 909. The van der Waals surface area contributed by atoms with Gasteiger partial charge < -0.3 is 9.73 Å². The van der Waals surface area contributed by atoms with Crippen LogP contribution in [0, 0.1) is 12.8 Å². The molecule has 1 aromatic heterocycles. The van der Waals surface area contributed by atoms with E-state index in [-0.39, 0.29) is 17.7 Å². The van der Waals surface area contributed by atoms with E-state index in [4.69, 9.17) is 4.42 Å². The number of nitrogens with zero attached hydrogens (tertiary/aromatic N) is 2. The van der Waals surface area contributed by atoms with E-state index in [1.165, 1.54) is 11.8 Å². The quantitative estimate of drug-likeness (QED) is 0.541. The number of carbonyl (C=O) groups excluding carboxylic acids is 1. The Morgan fingerprint density at radius 2 is 1.79 bits per heavy atom. The second-order valence-corrected chi connectivity index (χ2v) is 8.06. The smallest absolute Gasteiger partial charge is 0.277 e. The van der Waals surface area contributed by atoms with E-state index in [1.54, 1.807) is 0 Å². The highest BCUT2D eigenvalue weighted by atomic mass is 32.2. The van der Waals surface area contributed by atoms with Crippen molar-refractivity contribution in [1.82, 2.24) is 15.5 Å². The van der Waals surface area contributed by atoms with E-state index in [0.29, 0.717) is 17.0 Å². The maximum Gasteiger partial charge on any atom is 0.277 e. The van der Waals surface area contributed by atoms with Crippen molar-refractivity contribution in [2.24, 2.45) is 5.92 Å². The summed E-state index contributed by atoms with van der Waals surface area (Å²) in [5.41, 5.74) is 3.10. The molecule has 1 atom stereocenters. The Morgan fingerprint density at radius 1 is 1.07 bits per heavy atom. The molecule has 0 bridgehead atoms. The molecule has 0 saturated heterocycles. The molecule has 0 saturated carbocycles. The summed E-state index contributed by atoms with van der Waals surface area (Å²) in [6.07, 6.45) is 0.887. The largest absolute Gasteiger partial charge is 0.411 e. The van der Waals surface area contributed by atoms with Gasteiger partial charge in [0.2, 0.25) is 11.8 Å². The van der Waals surface area contributed by atoms with Gasteiger partial charge in [0.05, 0.1) is 11.8 Å². The molecule has 146 valence electrons. The number of aromatic nitrogens is 2. The van der Waals surface area contributed by atoms with Crippen molar-refractivity contribution in [3.05, 3.63) is 65.7 Å². The minimum Gasteiger partial charge on any atom is -0.411 e. The fourth-order valence-corrected chi connectivity index (χ4v) is 3.56. The van der Waals surface area contributed by atoms with Gasteiger partial charge >= 0.3 is 0 Å². The lowest BCUT2D eigenvalue weighted by Crippen LogP contribution is -2.30. The fourth-order valence-electron chi connectivity index (χ4n) is 2.99. The van der Waals surface area contributed by atoms with Gasteiger partial charge in [0.1, 0.15) is 0 Å². The van der Waals surface area contributed by atoms with Gasteiger partial charge in [-0.25, -0.2) is 0 Å². The molecule has 1 amide bonds. The van der Waals surface area contributed by atoms with Crippen LogP contribution in [0.5, 0.6) is 0 Å². The van der Waals surface area contributed by atoms with Crippen molar-refractivity contribution in [3.8, 4) is 11.5 Å². The number of benzene rings is 2. The summed E-state index contributed by atoms with van der Waals surface area (Å²) in [6, 6.07) is 17.9. The van der Waals surface area contributed by atoms with Crippen LogP contribution in [-0.4, -0.2) is 21.9 Å². The third kappa shape index (κ3) is 5.45. The van der Waals surface area contributed by atoms with E-state index in [9.17, 15) is 4.79 Å². The summed E-state index contributed by atoms with van der Waals surface area (Å²) >= 11 is 1.25. The molecule has 5 nitrogen and oxygen atoms in total. The molecule has 2 aromatic carbocycles. The zero-order valence-electron chi connectivity index (χ0n) is 16.4. The molecule has 0 fully saturated rings. The van der Waals surface area contributed by atoms with Crippen molar-refractivity contribution in [1.29, 1.82) is 0 Å². The predicted molar refractivity (Wildman–Crippen MR) is 112 cm³/mol. The predicted octanol–water partition coefficient (Wildman–Crippen LogP) is 5.04. The third-order valence-electron chi connectivity index (χ3n) is 4.35. The molecule has 1 N–H and O–H groups in total. The number of hydrogen-bond acceptors (Lipinski definition) is 5. The van der Waals surface area contributed by atoms with Crippen LogP contribution in [-0.2, 0) is 4.79 Å². The number of carbonyl (C=O) groups is 1. The van der Waals surface area contributed by atoms with E-state index >= 15 is 0 Å². The van der Waals surface area contributed by atoms with Crippen LogP contribution in [0.2, 0.25) is 0 Å². The fraction of sp³-hybridized carbons (Fsp3) is 0.318. The Kier molecular flexibility index (Phi) is 6.87. The Labute approximate surface area is 170 Å². The third-order valence-corrected chi connectivity index (χ3v) is 5.17. The second-order valence-electron chi connectivity index (χ2n) is 7.14.